The van der Waals surface area contributed by atoms with Gasteiger partial charge in [0.1, 0.15) is 44.9 Å². The molecule has 16 nitrogen and oxygen atoms in total. The van der Waals surface area contributed by atoms with Gasteiger partial charge in [0.15, 0.2) is 23.3 Å². The largest absolute Gasteiger partial charge is 0.465 e. The van der Waals surface area contributed by atoms with Crippen LogP contribution in [0.2, 0.25) is 0 Å². The van der Waals surface area contributed by atoms with Crippen LogP contribution in [0.5, 0.6) is 23.8 Å². The molecule has 546 valence electrons. The number of furan rings is 4. The van der Waals surface area contributed by atoms with Crippen molar-refractivity contribution in [2.45, 2.75) is 122 Å². The number of hydrogen-bond acceptors (Lipinski definition) is 18. The van der Waals surface area contributed by atoms with Gasteiger partial charge in [-0.1, -0.05) is 124 Å². The number of rotatable bonds is 36. The first-order valence-electron chi connectivity index (χ1n) is 37.8. The Hall–Kier alpha value is -10.1. The number of nitrogens with one attached hydrogen (secondary N) is 2. The first-order chi connectivity index (χ1) is 53.5. The van der Waals surface area contributed by atoms with Crippen molar-refractivity contribution in [2.24, 2.45) is 0 Å². The van der Waals surface area contributed by atoms with Crippen molar-refractivity contribution in [1.82, 2.24) is 39.9 Å². The number of aromatic nitrogens is 8. The molecular weight excluding hydrogens is 1430 g/mol. The number of aromatic amines is 2. The van der Waals surface area contributed by atoms with Crippen molar-refractivity contribution in [1.29, 1.82) is 0 Å². The number of benzene rings is 8. The van der Waals surface area contributed by atoms with Gasteiger partial charge in [0.25, 0.3) is 23.8 Å². The van der Waals surface area contributed by atoms with Crippen LogP contribution in [0.4, 0.5) is 0 Å². The van der Waals surface area contributed by atoms with E-state index in [-0.39, 0.29) is 0 Å². The van der Waals surface area contributed by atoms with E-state index in [4.69, 9.17) is 66.5 Å². The molecule has 0 spiro atoms. The Morgan fingerprint density at radius 2 is 0.528 bits per heavy atom. The molecule has 2 aliphatic rings. The van der Waals surface area contributed by atoms with Crippen LogP contribution in [-0.4, -0.2) is 89.3 Å². The zero-order valence-electron chi connectivity index (χ0n) is 60.0. The molecule has 2 aliphatic heterocycles. The molecule has 0 radical (unpaired) electrons. The topological polar surface area (TPSA) is 198 Å². The molecule has 9 heterocycles. The highest BCUT2D eigenvalue weighted by Gasteiger charge is 2.25. The van der Waals surface area contributed by atoms with E-state index in [0.717, 1.165) is 233 Å². The Balaban J connectivity index is 0.646. The maximum atomic E-state index is 6.00. The normalized spacial score (nSPS) is 12.0. The summed E-state index contributed by atoms with van der Waals surface area (Å²) in [6.45, 7) is 2.49. The first kappa shape index (κ1) is 70.8. The smallest absolute Gasteiger partial charge is 0.285 e. The Morgan fingerprint density at radius 1 is 0.250 bits per heavy atom. The van der Waals surface area contributed by atoms with Gasteiger partial charge in [0.2, 0.25) is 0 Å². The quantitative estimate of drug-likeness (QED) is 0.0277. The van der Waals surface area contributed by atoms with E-state index in [1.54, 1.807) is 0 Å². The Labute approximate surface area is 642 Å². The van der Waals surface area contributed by atoms with Crippen molar-refractivity contribution in [3.05, 3.63) is 194 Å². The highest BCUT2D eigenvalue weighted by molar-refractivity contribution is 8.00. The predicted molar refractivity (Wildman–Crippen MR) is 440 cm³/mol. The molecule has 8 bridgehead atoms. The molecule has 0 atom stereocenters. The van der Waals surface area contributed by atoms with E-state index >= 15 is 0 Å². The fourth-order valence-corrected chi connectivity index (χ4v) is 17.7. The average molecular weight is 1510 g/mol. The van der Waals surface area contributed by atoms with Crippen LogP contribution in [0.3, 0.4) is 0 Å². The number of unbranched alkanes of at least 4 members (excludes halogenated alkanes) is 12. The highest BCUT2D eigenvalue weighted by Crippen LogP contribution is 2.42. The molecular formula is C88H82N8O8S4. The van der Waals surface area contributed by atoms with Gasteiger partial charge in [-0.3, -0.25) is 0 Å². The van der Waals surface area contributed by atoms with Crippen molar-refractivity contribution < 1.29 is 36.6 Å². The summed E-state index contributed by atoms with van der Waals surface area (Å²) in [5.74, 6) is 8.48. The minimum absolute atomic E-state index is 0.573. The fourth-order valence-electron chi connectivity index (χ4n) is 13.9. The number of para-hydroxylation sites is 4. The SMILES string of the molecule is c1ccc2oc(OCCCCCCSc3ccc4c(c3)-c3nc-4nc4[nH]c(nc5nc(nc6[nH]c(n3)c3ccc(SCCCCCCOc7cc8ccccc8o7)cc63)-c3ccc(SCCCCCCOc6cc7ccccc7o6)cc3-5)c3ccc(SCCCCCCOc5cc6ccccc6o5)cc43)cc2c1. The second kappa shape index (κ2) is 34.0. The second-order valence-electron chi connectivity index (χ2n) is 27.3. The lowest BCUT2D eigenvalue weighted by Gasteiger charge is -2.06. The van der Waals surface area contributed by atoms with Crippen LogP contribution in [0.15, 0.2) is 231 Å². The fraction of sp³-hybridized carbons (Fsp3) is 0.273. The molecule has 0 saturated heterocycles. The van der Waals surface area contributed by atoms with Crippen LogP contribution < -0.4 is 18.9 Å². The highest BCUT2D eigenvalue weighted by atomic mass is 32.2. The van der Waals surface area contributed by atoms with Crippen LogP contribution in [0, 0.1) is 0 Å². The Morgan fingerprint density at radius 3 is 0.852 bits per heavy atom. The van der Waals surface area contributed by atoms with Crippen LogP contribution >= 0.6 is 47.0 Å². The van der Waals surface area contributed by atoms with Crippen molar-refractivity contribution >= 4 is 135 Å². The summed E-state index contributed by atoms with van der Waals surface area (Å²) in [6, 6.07) is 66.4. The third kappa shape index (κ3) is 16.9. The van der Waals surface area contributed by atoms with Gasteiger partial charge in [0.05, 0.1) is 26.4 Å². The van der Waals surface area contributed by atoms with Gasteiger partial charge < -0.3 is 46.6 Å². The summed E-state index contributed by atoms with van der Waals surface area (Å²) < 4.78 is 47.6. The van der Waals surface area contributed by atoms with Crippen LogP contribution in [0.1, 0.15) is 103 Å². The Bertz CT molecular complexity index is 5360. The van der Waals surface area contributed by atoms with Crippen molar-refractivity contribution in [3.8, 4) is 69.3 Å². The standard InChI is InChI=1S/C88H82N8O8S4/c1(17-41-97-77-49-57-25-9-13-29-73(57)101-77)5-21-45-105-61-33-37-65-69(53-61)85-89-81(65)94-86-71-55-63(107-47-23-7-3-19-43-99-79-51-59-27-11-15-31-75(59)103-79)35-39-67(71)83(91-86)96-88-72-56-64(108-48-24-8-4-20-44-100-80-52-60-28-12-16-32-76(60)104-80)36-40-68(72)84(92-88)95-87-70-54-62(34-38-66(70)82(90-87)93-85)106-46-22-6-2-18-42-98-78-50-58-26-10-14-30-74(58)102-78/h9-16,25-40,49-56H,1-8,17-24,41-48H2,(H2,89,90,91,92,93,94,95,96). The van der Waals surface area contributed by atoms with Gasteiger partial charge in [-0.15, -0.1) is 47.0 Å². The number of fused-ring (bicyclic) bond motifs is 24. The summed E-state index contributed by atoms with van der Waals surface area (Å²) >= 11 is 7.44. The molecule has 15 aromatic rings. The minimum atomic E-state index is 0.573. The monoisotopic (exact) mass is 1510 g/mol. The third-order valence-corrected chi connectivity index (χ3v) is 23.9. The van der Waals surface area contributed by atoms with Crippen LogP contribution in [-0.2, 0) is 0 Å². The predicted octanol–water partition coefficient (Wildman–Crippen LogP) is 24.8. The molecule has 20 heteroatoms. The lowest BCUT2D eigenvalue weighted by molar-refractivity contribution is 0.242. The van der Waals surface area contributed by atoms with E-state index in [1.165, 1.54) is 0 Å². The average Bonchev–Trinajstić information content (AvgIpc) is 1.60. The number of ether oxygens (including phenoxy) is 4. The molecule has 2 N–H and O–H groups in total. The molecule has 108 heavy (non-hydrogen) atoms. The summed E-state index contributed by atoms with van der Waals surface area (Å²) in [7, 11) is 0. The molecule has 0 saturated carbocycles. The molecule has 0 fully saturated rings. The second-order valence-corrected chi connectivity index (χ2v) is 32.0. The Kier molecular flexibility index (Phi) is 22.3. The molecule has 0 unspecified atom stereocenters. The van der Waals surface area contributed by atoms with Gasteiger partial charge >= 0.3 is 0 Å². The van der Waals surface area contributed by atoms with E-state index < -0.39 is 0 Å². The van der Waals surface area contributed by atoms with E-state index in [9.17, 15) is 0 Å². The van der Waals surface area contributed by atoms with Gasteiger partial charge in [-0.2, -0.15) is 0 Å². The molecule has 17 rings (SSSR count). The zero-order valence-corrected chi connectivity index (χ0v) is 63.3. The molecule has 8 aromatic carbocycles. The van der Waals surface area contributed by atoms with Gasteiger partial charge in [0, 0.05) is 109 Å². The van der Waals surface area contributed by atoms with Crippen molar-refractivity contribution in [2.75, 3.05) is 49.4 Å². The maximum Gasteiger partial charge on any atom is 0.285 e. The summed E-state index contributed by atoms with van der Waals surface area (Å²) in [6.07, 6.45) is 16.8. The number of thioether (sulfide) groups is 4. The third-order valence-electron chi connectivity index (χ3n) is 19.5. The maximum absolute atomic E-state index is 6.00. The van der Waals surface area contributed by atoms with E-state index in [1.807, 2.05) is 168 Å². The van der Waals surface area contributed by atoms with E-state index in [2.05, 4.69) is 82.8 Å². The van der Waals surface area contributed by atoms with E-state index in [0.29, 0.717) is 96.1 Å². The van der Waals surface area contributed by atoms with Gasteiger partial charge in [-0.25, -0.2) is 29.9 Å². The van der Waals surface area contributed by atoms with Crippen molar-refractivity contribution in [3.63, 3.8) is 0 Å². The zero-order chi connectivity index (χ0) is 72.2. The van der Waals surface area contributed by atoms with Gasteiger partial charge in [-0.05, 0) is 171 Å². The number of nitrogens with zero attached hydrogens (tertiary/aromatic N) is 6. The molecule has 7 aromatic heterocycles. The number of H-pyrrole nitrogens is 2. The molecule has 0 amide bonds. The van der Waals surface area contributed by atoms with Crippen LogP contribution in [0.25, 0.3) is 134 Å². The lowest BCUT2D eigenvalue weighted by atomic mass is 10.1. The summed E-state index contributed by atoms with van der Waals surface area (Å²) in [5.41, 5.74) is 9.69. The summed E-state index contributed by atoms with van der Waals surface area (Å²) in [4.78, 5) is 44.9. The lowest BCUT2D eigenvalue weighted by Crippen LogP contribution is -1.96. The minimum Gasteiger partial charge on any atom is -0.465 e. The summed E-state index contributed by atoms with van der Waals surface area (Å²) in [5, 5.41) is 7.98. The number of hydrogen-bond donors (Lipinski definition) is 2. The first-order valence-corrected chi connectivity index (χ1v) is 41.8. The molecule has 0 aliphatic carbocycles.